The summed E-state index contributed by atoms with van der Waals surface area (Å²) in [5.41, 5.74) is 5.29. The highest BCUT2D eigenvalue weighted by Gasteiger charge is 2.16. The van der Waals surface area contributed by atoms with Gasteiger partial charge in [-0.1, -0.05) is 0 Å². The molecule has 0 saturated carbocycles. The molecular formula is C11H7N2O2S. The number of carbonyl (C=O) groups is 1. The summed E-state index contributed by atoms with van der Waals surface area (Å²) < 4.78 is 5.27. The molecule has 2 aromatic rings. The number of hydrogen-bond acceptors (Lipinski definition) is 4. The van der Waals surface area contributed by atoms with Gasteiger partial charge < -0.3 is 10.1 Å². The molecule has 0 saturated heterocycles. The average molecular weight is 231 g/mol. The van der Waals surface area contributed by atoms with Crippen LogP contribution >= 0.6 is 11.3 Å². The van der Waals surface area contributed by atoms with Crippen molar-refractivity contribution in [1.29, 1.82) is 0 Å². The van der Waals surface area contributed by atoms with Gasteiger partial charge in [-0.3, -0.25) is 4.79 Å². The van der Waals surface area contributed by atoms with Crippen LogP contribution in [0, 0.1) is 5.51 Å². The smallest absolute Gasteiger partial charge is 0.262 e. The van der Waals surface area contributed by atoms with Gasteiger partial charge >= 0.3 is 0 Å². The van der Waals surface area contributed by atoms with Gasteiger partial charge in [0.25, 0.3) is 5.91 Å². The summed E-state index contributed by atoms with van der Waals surface area (Å²) in [6, 6.07) is 5.61. The molecule has 79 valence electrons. The second kappa shape index (κ2) is 3.61. The predicted molar refractivity (Wildman–Crippen MR) is 60.5 cm³/mol. The molecule has 0 atom stereocenters. The van der Waals surface area contributed by atoms with Gasteiger partial charge in [0.05, 0.1) is 11.4 Å². The molecule has 3 rings (SSSR count). The number of aromatic nitrogens is 1. The molecule has 2 heterocycles. The van der Waals surface area contributed by atoms with Crippen molar-refractivity contribution >= 4 is 22.9 Å². The zero-order chi connectivity index (χ0) is 11.0. The zero-order valence-electron chi connectivity index (χ0n) is 8.19. The van der Waals surface area contributed by atoms with Crippen LogP contribution in [0.15, 0.2) is 23.6 Å². The van der Waals surface area contributed by atoms with Gasteiger partial charge in [-0.2, -0.15) is 0 Å². The number of nitrogens with one attached hydrogen (secondary N) is 1. The summed E-state index contributed by atoms with van der Waals surface area (Å²) in [6.07, 6.45) is 0. The summed E-state index contributed by atoms with van der Waals surface area (Å²) in [6.45, 7) is 0.0802. The highest BCUT2D eigenvalue weighted by molar-refractivity contribution is 7.07. The highest BCUT2D eigenvalue weighted by Crippen LogP contribution is 2.32. The van der Waals surface area contributed by atoms with E-state index in [-0.39, 0.29) is 12.5 Å². The van der Waals surface area contributed by atoms with E-state index in [2.05, 4.69) is 15.8 Å². The van der Waals surface area contributed by atoms with E-state index in [0.717, 1.165) is 11.3 Å². The van der Waals surface area contributed by atoms with Crippen LogP contribution in [0.1, 0.15) is 0 Å². The van der Waals surface area contributed by atoms with Gasteiger partial charge in [-0.05, 0) is 18.2 Å². The SMILES string of the molecule is O=C1COc2ccc(-c3cs[c]n3)cc2N1. The van der Waals surface area contributed by atoms with Crippen molar-refractivity contribution in [3.05, 3.63) is 29.1 Å². The lowest BCUT2D eigenvalue weighted by atomic mass is 10.1. The third kappa shape index (κ3) is 1.55. The normalized spacial score (nSPS) is 13.9. The number of rotatable bonds is 1. The molecule has 1 aliphatic rings. The van der Waals surface area contributed by atoms with E-state index in [0.29, 0.717) is 11.4 Å². The molecule has 16 heavy (non-hydrogen) atoms. The van der Waals surface area contributed by atoms with Crippen LogP contribution in [0.5, 0.6) is 5.75 Å². The van der Waals surface area contributed by atoms with Crippen molar-refractivity contribution in [2.45, 2.75) is 0 Å². The minimum Gasteiger partial charge on any atom is -0.482 e. The molecule has 0 fully saturated rings. The molecule has 1 radical (unpaired) electrons. The maximum atomic E-state index is 11.2. The summed E-state index contributed by atoms with van der Waals surface area (Å²) in [4.78, 5) is 15.3. The lowest BCUT2D eigenvalue weighted by Gasteiger charge is -2.18. The largest absolute Gasteiger partial charge is 0.482 e. The Bertz CT molecular complexity index is 537. The fourth-order valence-electron chi connectivity index (χ4n) is 1.56. The Balaban J connectivity index is 2.04. The number of fused-ring (bicyclic) bond motifs is 1. The lowest BCUT2D eigenvalue weighted by molar-refractivity contribution is -0.118. The average Bonchev–Trinajstić information content (AvgIpc) is 2.81. The van der Waals surface area contributed by atoms with Gasteiger partial charge in [0, 0.05) is 10.9 Å². The summed E-state index contributed by atoms with van der Waals surface area (Å²) in [5.74, 6) is 0.567. The molecule has 0 aliphatic carbocycles. The van der Waals surface area contributed by atoms with Crippen molar-refractivity contribution in [1.82, 2.24) is 4.98 Å². The number of nitrogens with zero attached hydrogens (tertiary/aromatic N) is 1. The quantitative estimate of drug-likeness (QED) is 0.816. The van der Waals surface area contributed by atoms with Gasteiger partial charge in [0.2, 0.25) is 0 Å². The molecule has 0 spiro atoms. The van der Waals surface area contributed by atoms with Crippen LogP contribution in [0.2, 0.25) is 0 Å². The number of thiazole rings is 1. The topological polar surface area (TPSA) is 51.2 Å². The third-order valence-corrected chi connectivity index (χ3v) is 2.84. The standard InChI is InChI=1S/C11H7N2O2S/c14-11-4-15-10-2-1-7(3-8(10)13-11)9-5-16-6-12-9/h1-3,5H,4H2,(H,13,14). The molecule has 1 amide bonds. The number of amides is 1. The first-order valence-corrected chi connectivity index (χ1v) is 5.59. The first kappa shape index (κ1) is 9.35. The van der Waals surface area contributed by atoms with Gasteiger partial charge in [-0.25, -0.2) is 4.98 Å². The van der Waals surface area contributed by atoms with Crippen LogP contribution in [-0.2, 0) is 4.79 Å². The van der Waals surface area contributed by atoms with Crippen molar-refractivity contribution in [2.24, 2.45) is 0 Å². The molecule has 0 bridgehead atoms. The summed E-state index contributed by atoms with van der Waals surface area (Å²) in [7, 11) is 0. The molecule has 5 heteroatoms. The number of hydrogen-bond donors (Lipinski definition) is 1. The maximum Gasteiger partial charge on any atom is 0.262 e. The Hall–Kier alpha value is -1.88. The summed E-state index contributed by atoms with van der Waals surface area (Å²) in [5, 5.41) is 4.67. The Morgan fingerprint density at radius 2 is 2.44 bits per heavy atom. The Kier molecular flexibility index (Phi) is 2.11. The molecule has 4 nitrogen and oxygen atoms in total. The Morgan fingerprint density at radius 3 is 3.25 bits per heavy atom. The molecule has 1 aromatic heterocycles. The molecule has 0 unspecified atom stereocenters. The number of ether oxygens (including phenoxy) is 1. The van der Waals surface area contributed by atoms with E-state index in [1.54, 1.807) is 0 Å². The third-order valence-electron chi connectivity index (χ3n) is 2.30. The number of carbonyl (C=O) groups excluding carboxylic acids is 1. The van der Waals surface area contributed by atoms with Crippen LogP contribution in [0.25, 0.3) is 11.3 Å². The van der Waals surface area contributed by atoms with Crippen molar-refractivity contribution in [2.75, 3.05) is 11.9 Å². The highest BCUT2D eigenvalue weighted by atomic mass is 32.1. The lowest BCUT2D eigenvalue weighted by Crippen LogP contribution is -2.25. The molecule has 1 aromatic carbocycles. The van der Waals surface area contributed by atoms with Crippen molar-refractivity contribution in [3.8, 4) is 17.0 Å². The van der Waals surface area contributed by atoms with E-state index in [1.165, 1.54) is 11.3 Å². The molecular weight excluding hydrogens is 224 g/mol. The monoisotopic (exact) mass is 231 g/mol. The fraction of sp³-hybridized carbons (Fsp3) is 0.0909. The number of anilines is 1. The fourth-order valence-corrected chi connectivity index (χ4v) is 2.06. The minimum absolute atomic E-state index is 0.0802. The van der Waals surface area contributed by atoms with E-state index >= 15 is 0 Å². The maximum absolute atomic E-state index is 11.2. The second-order valence-electron chi connectivity index (χ2n) is 3.37. The van der Waals surface area contributed by atoms with Crippen LogP contribution in [-0.4, -0.2) is 17.5 Å². The van der Waals surface area contributed by atoms with E-state index in [1.807, 2.05) is 23.6 Å². The second-order valence-corrected chi connectivity index (χ2v) is 4.03. The van der Waals surface area contributed by atoms with Gasteiger partial charge in [-0.15, -0.1) is 11.3 Å². The van der Waals surface area contributed by atoms with Gasteiger partial charge in [0.1, 0.15) is 5.75 Å². The Labute approximate surface area is 95.9 Å². The Morgan fingerprint density at radius 1 is 1.50 bits per heavy atom. The predicted octanol–water partition coefficient (Wildman–Crippen LogP) is 1.94. The van der Waals surface area contributed by atoms with Crippen LogP contribution < -0.4 is 10.1 Å². The van der Waals surface area contributed by atoms with Crippen LogP contribution in [0.4, 0.5) is 5.69 Å². The summed E-state index contributed by atoms with van der Waals surface area (Å²) >= 11 is 1.42. The molecule has 1 aliphatic heterocycles. The first-order chi connectivity index (χ1) is 7.83. The van der Waals surface area contributed by atoms with Gasteiger partial charge in [0.15, 0.2) is 12.1 Å². The van der Waals surface area contributed by atoms with E-state index in [4.69, 9.17) is 4.74 Å². The first-order valence-electron chi connectivity index (χ1n) is 4.71. The van der Waals surface area contributed by atoms with E-state index in [9.17, 15) is 4.79 Å². The van der Waals surface area contributed by atoms with Crippen molar-refractivity contribution in [3.63, 3.8) is 0 Å². The number of benzene rings is 1. The zero-order valence-corrected chi connectivity index (χ0v) is 9.00. The molecule has 1 N–H and O–H groups in total. The van der Waals surface area contributed by atoms with Crippen LogP contribution in [0.3, 0.4) is 0 Å². The minimum atomic E-state index is -0.130. The van der Waals surface area contributed by atoms with E-state index < -0.39 is 0 Å². The van der Waals surface area contributed by atoms with Crippen molar-refractivity contribution < 1.29 is 9.53 Å².